The number of methoxy groups -OCH3 is 1. The van der Waals surface area contributed by atoms with E-state index in [0.29, 0.717) is 6.07 Å². The molecule has 10 heteroatoms. The summed E-state index contributed by atoms with van der Waals surface area (Å²) in [4.78, 5) is 9.78. The number of sulfonamides is 1. The van der Waals surface area contributed by atoms with Crippen molar-refractivity contribution in [1.29, 1.82) is 0 Å². The normalized spacial score (nSPS) is 11.6. The monoisotopic (exact) mass is 372 g/mol. The van der Waals surface area contributed by atoms with E-state index >= 15 is 0 Å². The summed E-state index contributed by atoms with van der Waals surface area (Å²) in [5, 5.41) is 11.2. The zero-order valence-corrected chi connectivity index (χ0v) is 14.1. The van der Waals surface area contributed by atoms with E-state index < -0.39 is 43.7 Å². The predicted octanol–water partition coefficient (Wildman–Crippen LogP) is 2.70. The van der Waals surface area contributed by atoms with Gasteiger partial charge in [0, 0.05) is 25.2 Å². The molecule has 0 aliphatic rings. The SMILES string of the molecule is COc1ccc(S(=O)(=O)N(C)Cc2ccc(F)cc2F)c([N+](=O)[O-])c1. The molecule has 0 N–H and O–H groups in total. The van der Waals surface area contributed by atoms with Crippen molar-refractivity contribution in [3.63, 3.8) is 0 Å². The van der Waals surface area contributed by atoms with E-state index in [1.807, 2.05) is 0 Å². The van der Waals surface area contributed by atoms with Gasteiger partial charge in [-0.05, 0) is 18.2 Å². The quantitative estimate of drug-likeness (QED) is 0.574. The molecule has 0 radical (unpaired) electrons. The zero-order chi connectivity index (χ0) is 18.8. The van der Waals surface area contributed by atoms with Gasteiger partial charge in [0.1, 0.15) is 17.4 Å². The molecule has 0 atom stereocenters. The van der Waals surface area contributed by atoms with E-state index in [1.54, 1.807) is 0 Å². The molecular formula is C15H14F2N2O5S. The highest BCUT2D eigenvalue weighted by molar-refractivity contribution is 7.89. The minimum Gasteiger partial charge on any atom is -0.497 e. The lowest BCUT2D eigenvalue weighted by atomic mass is 10.2. The number of nitrogens with zero attached hydrogens (tertiary/aromatic N) is 2. The van der Waals surface area contributed by atoms with Gasteiger partial charge >= 0.3 is 0 Å². The van der Waals surface area contributed by atoms with Crippen LogP contribution in [0.2, 0.25) is 0 Å². The fourth-order valence-electron chi connectivity index (χ4n) is 2.13. The molecule has 0 aliphatic carbocycles. The van der Waals surface area contributed by atoms with Gasteiger partial charge in [0.05, 0.1) is 18.1 Å². The average molecular weight is 372 g/mol. The second-order valence-corrected chi connectivity index (χ2v) is 7.10. The first-order valence-electron chi connectivity index (χ1n) is 6.89. The number of ether oxygens (including phenoxy) is 1. The highest BCUT2D eigenvalue weighted by atomic mass is 32.2. The molecule has 0 fully saturated rings. The Balaban J connectivity index is 2.42. The van der Waals surface area contributed by atoms with E-state index in [1.165, 1.54) is 13.2 Å². The molecule has 2 rings (SSSR count). The van der Waals surface area contributed by atoms with Crippen LogP contribution in [-0.2, 0) is 16.6 Å². The van der Waals surface area contributed by atoms with Gasteiger partial charge in [-0.2, -0.15) is 4.31 Å². The van der Waals surface area contributed by atoms with Crippen molar-refractivity contribution in [3.05, 3.63) is 63.7 Å². The Hall–Kier alpha value is -2.59. The van der Waals surface area contributed by atoms with E-state index in [0.717, 1.165) is 35.6 Å². The van der Waals surface area contributed by atoms with Crippen LogP contribution >= 0.6 is 0 Å². The highest BCUT2D eigenvalue weighted by Crippen LogP contribution is 2.30. The maximum Gasteiger partial charge on any atom is 0.293 e. The highest BCUT2D eigenvalue weighted by Gasteiger charge is 2.30. The van der Waals surface area contributed by atoms with Crippen molar-refractivity contribution in [2.45, 2.75) is 11.4 Å². The summed E-state index contributed by atoms with van der Waals surface area (Å²) >= 11 is 0. The van der Waals surface area contributed by atoms with Gasteiger partial charge < -0.3 is 4.74 Å². The van der Waals surface area contributed by atoms with Crippen molar-refractivity contribution in [2.75, 3.05) is 14.2 Å². The van der Waals surface area contributed by atoms with Crippen LogP contribution in [0.15, 0.2) is 41.3 Å². The molecule has 7 nitrogen and oxygen atoms in total. The number of halogens is 2. The van der Waals surface area contributed by atoms with Crippen LogP contribution in [0.4, 0.5) is 14.5 Å². The van der Waals surface area contributed by atoms with Gasteiger partial charge in [-0.1, -0.05) is 6.07 Å². The van der Waals surface area contributed by atoms with Crippen molar-refractivity contribution in [1.82, 2.24) is 4.31 Å². The van der Waals surface area contributed by atoms with E-state index in [9.17, 15) is 27.3 Å². The van der Waals surface area contributed by atoms with Crippen molar-refractivity contribution in [2.24, 2.45) is 0 Å². The van der Waals surface area contributed by atoms with Crippen molar-refractivity contribution < 1.29 is 26.9 Å². The van der Waals surface area contributed by atoms with Crippen LogP contribution in [0.3, 0.4) is 0 Å². The Morgan fingerprint density at radius 1 is 1.20 bits per heavy atom. The summed E-state index contributed by atoms with van der Waals surface area (Å²) in [6.07, 6.45) is 0. The molecule has 134 valence electrons. The molecule has 25 heavy (non-hydrogen) atoms. The lowest BCUT2D eigenvalue weighted by Crippen LogP contribution is -2.27. The van der Waals surface area contributed by atoms with Gasteiger partial charge in [-0.15, -0.1) is 0 Å². The second-order valence-electron chi connectivity index (χ2n) is 5.09. The van der Waals surface area contributed by atoms with Gasteiger partial charge in [-0.25, -0.2) is 17.2 Å². The Bertz CT molecular complexity index is 918. The molecule has 0 unspecified atom stereocenters. The molecule has 2 aromatic rings. The molecule has 0 saturated carbocycles. The second kappa shape index (κ2) is 7.11. The van der Waals surface area contributed by atoms with Crippen LogP contribution in [0, 0.1) is 21.7 Å². The molecule has 2 aromatic carbocycles. The lowest BCUT2D eigenvalue weighted by Gasteiger charge is -2.18. The third-order valence-corrected chi connectivity index (χ3v) is 5.31. The summed E-state index contributed by atoms with van der Waals surface area (Å²) in [5.74, 6) is -1.58. The summed E-state index contributed by atoms with van der Waals surface area (Å²) in [5.41, 5.74) is -0.727. The predicted molar refractivity (Wildman–Crippen MR) is 84.7 cm³/mol. The summed E-state index contributed by atoms with van der Waals surface area (Å²) < 4.78 is 57.5. The van der Waals surface area contributed by atoms with Gasteiger partial charge in [0.15, 0.2) is 4.90 Å². The maximum atomic E-state index is 13.7. The number of benzene rings is 2. The molecule has 0 bridgehead atoms. The van der Waals surface area contributed by atoms with Crippen molar-refractivity contribution >= 4 is 15.7 Å². The summed E-state index contributed by atoms with van der Waals surface area (Å²) in [7, 11) is -1.86. The zero-order valence-electron chi connectivity index (χ0n) is 13.3. The summed E-state index contributed by atoms with van der Waals surface area (Å²) in [6, 6.07) is 6.04. The topological polar surface area (TPSA) is 89.8 Å². The fraction of sp³-hybridized carbons (Fsp3) is 0.200. The Labute approximate surface area is 142 Å². The third kappa shape index (κ3) is 3.91. The summed E-state index contributed by atoms with van der Waals surface area (Å²) in [6.45, 7) is -0.419. The van der Waals surface area contributed by atoms with Crippen LogP contribution < -0.4 is 4.74 Å². The first-order chi connectivity index (χ1) is 11.7. The molecule has 0 spiro atoms. The molecule has 0 saturated heterocycles. The molecule has 0 aliphatic heterocycles. The largest absolute Gasteiger partial charge is 0.497 e. The Morgan fingerprint density at radius 3 is 2.44 bits per heavy atom. The first kappa shape index (κ1) is 18.7. The van der Waals surface area contributed by atoms with Gasteiger partial charge in [-0.3, -0.25) is 10.1 Å². The number of hydrogen-bond donors (Lipinski definition) is 0. The number of rotatable bonds is 6. The molecule has 0 heterocycles. The van der Waals surface area contributed by atoms with Crippen molar-refractivity contribution in [3.8, 4) is 5.75 Å². The third-order valence-electron chi connectivity index (χ3n) is 3.46. The van der Waals surface area contributed by atoms with E-state index in [2.05, 4.69) is 0 Å². The van der Waals surface area contributed by atoms with Crippen LogP contribution in [0.25, 0.3) is 0 Å². The van der Waals surface area contributed by atoms with Crippen LogP contribution in [0.5, 0.6) is 5.75 Å². The molecular weight excluding hydrogens is 358 g/mol. The van der Waals surface area contributed by atoms with Crippen LogP contribution in [-0.4, -0.2) is 31.8 Å². The van der Waals surface area contributed by atoms with Gasteiger partial charge in [0.25, 0.3) is 5.69 Å². The number of hydrogen-bond acceptors (Lipinski definition) is 5. The van der Waals surface area contributed by atoms with E-state index in [-0.39, 0.29) is 11.3 Å². The smallest absolute Gasteiger partial charge is 0.293 e. The van der Waals surface area contributed by atoms with Crippen LogP contribution in [0.1, 0.15) is 5.56 Å². The number of nitro groups is 1. The Kier molecular flexibility index (Phi) is 5.33. The average Bonchev–Trinajstić information content (AvgIpc) is 2.56. The van der Waals surface area contributed by atoms with E-state index in [4.69, 9.17) is 4.74 Å². The fourth-order valence-corrected chi connectivity index (χ4v) is 3.41. The standard InChI is InChI=1S/C15H14F2N2O5S/c1-18(9-10-3-4-11(16)7-13(10)17)25(22,23)15-6-5-12(24-2)8-14(15)19(20)21/h3-8H,9H2,1-2H3. The molecule has 0 amide bonds. The van der Waals surface area contributed by atoms with Gasteiger partial charge in [0.2, 0.25) is 10.0 Å². The molecule has 0 aromatic heterocycles. The maximum absolute atomic E-state index is 13.7. The number of nitro benzene ring substituents is 1. The Morgan fingerprint density at radius 2 is 1.88 bits per heavy atom. The minimum atomic E-state index is -4.29. The minimum absolute atomic E-state index is 0.0661. The lowest BCUT2D eigenvalue weighted by molar-refractivity contribution is -0.387. The first-order valence-corrected chi connectivity index (χ1v) is 8.33.